The van der Waals surface area contributed by atoms with Crippen molar-refractivity contribution in [2.75, 3.05) is 13.2 Å². The average Bonchev–Trinajstić information content (AvgIpc) is 3.25. The van der Waals surface area contributed by atoms with Crippen molar-refractivity contribution >= 4 is 41.7 Å². The Morgan fingerprint density at radius 1 is 0.605 bits per heavy atom. The lowest BCUT2D eigenvalue weighted by Gasteiger charge is -2.47. The Kier molecular flexibility index (Phi) is 11.4. The summed E-state index contributed by atoms with van der Waals surface area (Å²) in [4.78, 5) is 76.2. The molecular formula is C26H35NO16. The predicted molar refractivity (Wildman–Crippen MR) is 136 cm³/mol. The maximum atomic E-state index is 12.2. The Hall–Kier alpha value is -3.83. The number of fused-ring (bicyclic) bond motifs is 1. The number of hydrogen-bond donors (Lipinski definition) is 0. The highest BCUT2D eigenvalue weighted by Crippen LogP contribution is 2.36. The van der Waals surface area contributed by atoms with E-state index < -0.39 is 110 Å². The molecule has 240 valence electrons. The lowest BCUT2D eigenvalue weighted by molar-refractivity contribution is -0.344. The molecule has 17 nitrogen and oxygen atoms in total. The first kappa shape index (κ1) is 33.7. The molecule has 10 atom stereocenters. The van der Waals surface area contributed by atoms with Gasteiger partial charge in [0.1, 0.15) is 31.5 Å². The first-order valence-corrected chi connectivity index (χ1v) is 13.3. The topological polar surface area (TPSA) is 207 Å². The number of carbonyl (C=O) groups is 6. The third-order valence-corrected chi connectivity index (χ3v) is 6.22. The summed E-state index contributed by atoms with van der Waals surface area (Å²) in [6.07, 6.45) is -12.2. The summed E-state index contributed by atoms with van der Waals surface area (Å²) in [5, 5.41) is 0. The molecule has 3 rings (SSSR count). The van der Waals surface area contributed by atoms with Gasteiger partial charge in [0.05, 0.1) is 0 Å². The maximum Gasteiger partial charge on any atom is 0.303 e. The van der Waals surface area contributed by atoms with E-state index in [2.05, 4.69) is 4.99 Å². The second-order valence-electron chi connectivity index (χ2n) is 9.84. The smallest absolute Gasteiger partial charge is 0.303 e. The molecule has 0 aromatic heterocycles. The molecule has 0 spiro atoms. The number of esters is 6. The van der Waals surface area contributed by atoms with Crippen LogP contribution in [0.15, 0.2) is 4.99 Å². The van der Waals surface area contributed by atoms with Gasteiger partial charge in [0.25, 0.3) is 0 Å². The number of hydrogen-bond acceptors (Lipinski definition) is 17. The zero-order valence-electron chi connectivity index (χ0n) is 24.7. The first-order chi connectivity index (χ1) is 20.2. The van der Waals surface area contributed by atoms with Crippen molar-refractivity contribution in [3.63, 3.8) is 0 Å². The number of nitrogens with zero attached hydrogens (tertiary/aromatic N) is 1. The zero-order chi connectivity index (χ0) is 32.0. The predicted octanol–water partition coefficient (Wildman–Crippen LogP) is -0.508. The lowest BCUT2D eigenvalue weighted by Crippen LogP contribution is -2.66. The summed E-state index contributed by atoms with van der Waals surface area (Å²) < 4.78 is 55.9. The van der Waals surface area contributed by atoms with Gasteiger partial charge in [-0.2, -0.15) is 0 Å². The minimum absolute atomic E-state index is 0.228. The van der Waals surface area contributed by atoms with Crippen LogP contribution in [0.5, 0.6) is 0 Å². The van der Waals surface area contributed by atoms with E-state index in [1.54, 1.807) is 6.92 Å². The quantitative estimate of drug-likeness (QED) is 0.223. The van der Waals surface area contributed by atoms with Gasteiger partial charge in [-0.3, -0.25) is 28.8 Å². The van der Waals surface area contributed by atoms with Crippen molar-refractivity contribution in [2.45, 2.75) is 110 Å². The normalized spacial score (nSPS) is 33.0. The molecule has 0 unspecified atom stereocenters. The van der Waals surface area contributed by atoms with Crippen LogP contribution in [0.3, 0.4) is 0 Å². The van der Waals surface area contributed by atoms with Crippen LogP contribution in [0.25, 0.3) is 0 Å². The van der Waals surface area contributed by atoms with E-state index in [4.69, 9.17) is 47.4 Å². The fourth-order valence-electron chi connectivity index (χ4n) is 4.81. The van der Waals surface area contributed by atoms with Gasteiger partial charge in [0.2, 0.25) is 6.29 Å². The van der Waals surface area contributed by atoms with E-state index >= 15 is 0 Å². The van der Waals surface area contributed by atoms with Crippen LogP contribution in [0.2, 0.25) is 0 Å². The zero-order valence-corrected chi connectivity index (χ0v) is 24.7. The van der Waals surface area contributed by atoms with Gasteiger partial charge in [0, 0.05) is 48.5 Å². The van der Waals surface area contributed by atoms with Crippen LogP contribution >= 0.6 is 0 Å². The fourth-order valence-corrected chi connectivity index (χ4v) is 4.81. The minimum atomic E-state index is -1.64. The van der Waals surface area contributed by atoms with Crippen LogP contribution in [-0.4, -0.2) is 116 Å². The SMILES string of the molecule is CC(=O)OC[C@H]1O[C@@H](O[C@H]2[C@H](OC(C)=O)[C@H]3N=C(C)O[C@H]3O[C@@H]2COC(C)=O)[C@H](OC(C)=O)[C@@H](OC(C)=O)[C@H]1OC(C)=O. The van der Waals surface area contributed by atoms with E-state index in [0.717, 1.165) is 34.6 Å². The third kappa shape index (κ3) is 9.08. The molecule has 0 radical (unpaired) electrons. The standard InChI is InChI=1S/C26H35NO16/c1-10-27-19-22(38-14(5)31)20(17(8-34-11(2)28)41-25(19)36-10)43-26-24(40-16(7)33)23(39-15(6)32)21(37-13(4)30)18(42-26)9-35-12(3)29/h17-26H,8-9H2,1-7H3/t17-,18-,19-,20-,21+,22-,23+,24-,25+,26+/m1/s1. The van der Waals surface area contributed by atoms with Crippen molar-refractivity contribution < 1.29 is 76.1 Å². The molecule has 2 fully saturated rings. The van der Waals surface area contributed by atoms with E-state index in [-0.39, 0.29) is 5.90 Å². The Bertz CT molecular complexity index is 1120. The van der Waals surface area contributed by atoms with E-state index in [9.17, 15) is 28.8 Å². The molecule has 0 bridgehead atoms. The van der Waals surface area contributed by atoms with Crippen molar-refractivity contribution in [2.24, 2.45) is 4.99 Å². The first-order valence-electron chi connectivity index (χ1n) is 13.3. The Morgan fingerprint density at radius 2 is 1.07 bits per heavy atom. The molecule has 17 heteroatoms. The summed E-state index contributed by atoms with van der Waals surface area (Å²) in [5.41, 5.74) is 0. The van der Waals surface area contributed by atoms with E-state index in [0.29, 0.717) is 0 Å². The molecule has 43 heavy (non-hydrogen) atoms. The molecule has 0 aromatic carbocycles. The monoisotopic (exact) mass is 617 g/mol. The van der Waals surface area contributed by atoms with Gasteiger partial charge >= 0.3 is 35.8 Å². The van der Waals surface area contributed by atoms with Gasteiger partial charge in [-0.1, -0.05) is 0 Å². The fraction of sp³-hybridized carbons (Fsp3) is 0.731. The van der Waals surface area contributed by atoms with Gasteiger partial charge in [0.15, 0.2) is 42.6 Å². The average molecular weight is 618 g/mol. The second-order valence-corrected chi connectivity index (χ2v) is 9.84. The van der Waals surface area contributed by atoms with Crippen molar-refractivity contribution in [1.29, 1.82) is 0 Å². The Labute approximate surface area is 246 Å². The van der Waals surface area contributed by atoms with E-state index in [1.807, 2.05) is 0 Å². The summed E-state index contributed by atoms with van der Waals surface area (Å²) in [6, 6.07) is -0.923. The van der Waals surface area contributed by atoms with Gasteiger partial charge < -0.3 is 47.4 Å². The molecule has 3 aliphatic rings. The number of rotatable bonds is 10. The lowest BCUT2D eigenvalue weighted by atomic mass is 9.95. The van der Waals surface area contributed by atoms with Crippen molar-refractivity contribution in [3.8, 4) is 0 Å². The van der Waals surface area contributed by atoms with Gasteiger partial charge in [-0.05, 0) is 0 Å². The summed E-state index contributed by atoms with van der Waals surface area (Å²) in [5.74, 6) is -4.34. The van der Waals surface area contributed by atoms with Crippen LogP contribution < -0.4 is 0 Å². The molecular weight excluding hydrogens is 582 g/mol. The highest BCUT2D eigenvalue weighted by atomic mass is 16.8. The Morgan fingerprint density at radius 3 is 1.58 bits per heavy atom. The highest BCUT2D eigenvalue weighted by Gasteiger charge is 2.58. The molecule has 0 aromatic rings. The van der Waals surface area contributed by atoms with E-state index in [1.165, 1.54) is 6.92 Å². The van der Waals surface area contributed by atoms with Crippen LogP contribution in [0.1, 0.15) is 48.5 Å². The largest absolute Gasteiger partial charge is 0.463 e. The molecule has 2 saturated heterocycles. The number of aliphatic imine (C=N–C) groups is 1. The number of ether oxygens (including phenoxy) is 10. The summed E-state index contributed by atoms with van der Waals surface area (Å²) in [7, 11) is 0. The van der Waals surface area contributed by atoms with Crippen LogP contribution in [0.4, 0.5) is 0 Å². The minimum Gasteiger partial charge on any atom is -0.463 e. The molecule has 0 amide bonds. The van der Waals surface area contributed by atoms with Crippen molar-refractivity contribution in [1.82, 2.24) is 0 Å². The molecule has 0 N–H and O–H groups in total. The molecule has 0 saturated carbocycles. The summed E-state index contributed by atoms with van der Waals surface area (Å²) in [6.45, 7) is 7.36. The maximum absolute atomic E-state index is 12.2. The van der Waals surface area contributed by atoms with Gasteiger partial charge in [-0.25, -0.2) is 4.99 Å². The second kappa shape index (κ2) is 14.6. The molecule has 3 heterocycles. The van der Waals surface area contributed by atoms with Crippen LogP contribution in [0, 0.1) is 0 Å². The van der Waals surface area contributed by atoms with Gasteiger partial charge in [-0.15, -0.1) is 0 Å². The third-order valence-electron chi connectivity index (χ3n) is 6.22. The Balaban J connectivity index is 2.07. The van der Waals surface area contributed by atoms with Crippen LogP contribution in [-0.2, 0) is 76.1 Å². The summed E-state index contributed by atoms with van der Waals surface area (Å²) >= 11 is 0. The number of carbonyl (C=O) groups excluding carboxylic acids is 6. The molecule has 3 aliphatic heterocycles. The molecule has 0 aliphatic carbocycles. The highest BCUT2D eigenvalue weighted by molar-refractivity contribution is 5.75. The van der Waals surface area contributed by atoms with Crippen molar-refractivity contribution in [3.05, 3.63) is 0 Å².